The van der Waals surface area contributed by atoms with Crippen LogP contribution in [0.4, 0.5) is 10.1 Å². The molecule has 1 N–H and O–H groups in total. The summed E-state index contributed by atoms with van der Waals surface area (Å²) in [6.07, 6.45) is 3.59. The third-order valence-electron chi connectivity index (χ3n) is 5.57. The van der Waals surface area contributed by atoms with Crippen LogP contribution in [0, 0.1) is 25.6 Å². The fraction of sp³-hybridized carbons (Fsp3) is 0.458. The molecule has 0 atom stereocenters. The minimum Gasteiger partial charge on any atom is -0.493 e. The summed E-state index contributed by atoms with van der Waals surface area (Å²) in [5.74, 6) is 1.06. The van der Waals surface area contributed by atoms with Gasteiger partial charge in [-0.15, -0.1) is 0 Å². The number of aryl methyl sites for hydroxylation is 2. The molecule has 0 saturated heterocycles. The highest BCUT2D eigenvalue weighted by Gasteiger charge is 2.42. The van der Waals surface area contributed by atoms with Crippen LogP contribution in [-0.4, -0.2) is 12.5 Å². The van der Waals surface area contributed by atoms with E-state index in [-0.39, 0.29) is 11.7 Å². The van der Waals surface area contributed by atoms with Crippen molar-refractivity contribution < 1.29 is 13.9 Å². The van der Waals surface area contributed by atoms with Crippen molar-refractivity contribution in [3.63, 3.8) is 0 Å². The quantitative estimate of drug-likeness (QED) is 0.671. The van der Waals surface area contributed by atoms with Crippen molar-refractivity contribution in [2.75, 3.05) is 11.9 Å². The topological polar surface area (TPSA) is 38.3 Å². The highest BCUT2D eigenvalue weighted by Crippen LogP contribution is 2.42. The summed E-state index contributed by atoms with van der Waals surface area (Å²) in [6.45, 7) is 8.92. The summed E-state index contributed by atoms with van der Waals surface area (Å²) in [4.78, 5) is 13.3. The van der Waals surface area contributed by atoms with Gasteiger partial charge in [0, 0.05) is 5.69 Å². The van der Waals surface area contributed by atoms with Crippen LogP contribution >= 0.6 is 0 Å². The van der Waals surface area contributed by atoms with Gasteiger partial charge in [-0.3, -0.25) is 4.79 Å². The van der Waals surface area contributed by atoms with Crippen molar-refractivity contribution in [1.82, 2.24) is 0 Å². The first kappa shape index (κ1) is 20.4. The molecule has 28 heavy (non-hydrogen) atoms. The van der Waals surface area contributed by atoms with E-state index in [0.717, 1.165) is 53.8 Å². The number of anilines is 1. The monoisotopic (exact) mass is 383 g/mol. The number of carbonyl (C=O) groups is 1. The minimum absolute atomic E-state index is 0.00810. The van der Waals surface area contributed by atoms with Crippen molar-refractivity contribution in [2.45, 2.75) is 58.8 Å². The lowest BCUT2D eigenvalue weighted by atomic mass is 9.78. The molecule has 0 aromatic heterocycles. The maximum absolute atomic E-state index is 13.4. The molecule has 1 aliphatic rings. The van der Waals surface area contributed by atoms with Gasteiger partial charge < -0.3 is 10.1 Å². The van der Waals surface area contributed by atoms with Gasteiger partial charge in [0.1, 0.15) is 11.6 Å². The summed E-state index contributed by atoms with van der Waals surface area (Å²) in [5, 5.41) is 3.12. The first-order valence-electron chi connectivity index (χ1n) is 10.1. The molecule has 2 aromatic rings. The molecule has 0 aliphatic heterocycles. The lowest BCUT2D eigenvalue weighted by Gasteiger charge is -2.28. The van der Waals surface area contributed by atoms with Crippen molar-refractivity contribution in [3.8, 4) is 5.75 Å². The first-order chi connectivity index (χ1) is 13.3. The maximum atomic E-state index is 13.4. The Hall–Kier alpha value is -2.36. The Morgan fingerprint density at radius 1 is 1.11 bits per heavy atom. The summed E-state index contributed by atoms with van der Waals surface area (Å²) >= 11 is 0. The van der Waals surface area contributed by atoms with Gasteiger partial charge in [-0.25, -0.2) is 4.39 Å². The molecular weight excluding hydrogens is 353 g/mol. The van der Waals surface area contributed by atoms with Gasteiger partial charge in [0.05, 0.1) is 12.0 Å². The van der Waals surface area contributed by atoms with Crippen LogP contribution in [0.1, 0.15) is 56.2 Å². The number of ether oxygens (including phenoxy) is 1. The van der Waals surface area contributed by atoms with Gasteiger partial charge in [-0.2, -0.15) is 0 Å². The number of hydrogen-bond acceptors (Lipinski definition) is 2. The molecule has 1 fully saturated rings. The molecule has 1 amide bonds. The predicted octanol–water partition coefficient (Wildman–Crippen LogP) is 5.93. The average molecular weight is 384 g/mol. The molecule has 0 heterocycles. The fourth-order valence-corrected chi connectivity index (χ4v) is 4.15. The molecule has 1 saturated carbocycles. The number of halogens is 1. The Balaban J connectivity index is 1.83. The van der Waals surface area contributed by atoms with E-state index >= 15 is 0 Å². The lowest BCUT2D eigenvalue weighted by molar-refractivity contribution is -0.121. The van der Waals surface area contributed by atoms with Crippen molar-refractivity contribution in [1.29, 1.82) is 0 Å². The molecule has 0 radical (unpaired) electrons. The summed E-state index contributed by atoms with van der Waals surface area (Å²) in [7, 11) is 0. The number of hydrogen-bond donors (Lipinski definition) is 1. The third-order valence-corrected chi connectivity index (χ3v) is 5.57. The van der Waals surface area contributed by atoms with E-state index < -0.39 is 5.41 Å². The van der Waals surface area contributed by atoms with Crippen LogP contribution in [0.5, 0.6) is 5.75 Å². The molecule has 3 rings (SSSR count). The molecule has 3 nitrogen and oxygen atoms in total. The zero-order valence-electron chi connectivity index (χ0n) is 17.3. The SMILES string of the molecule is Cc1cc(NC(=O)C2(c3ccc(F)cc3)CCCC2)cc(C)c1OCC(C)C. The van der Waals surface area contributed by atoms with Crippen LogP contribution in [-0.2, 0) is 10.2 Å². The highest BCUT2D eigenvalue weighted by atomic mass is 19.1. The minimum atomic E-state index is -0.581. The fourth-order valence-electron chi connectivity index (χ4n) is 4.15. The number of amides is 1. The Bertz CT molecular complexity index is 813. The van der Waals surface area contributed by atoms with Crippen molar-refractivity contribution in [3.05, 3.63) is 58.9 Å². The number of rotatable bonds is 6. The Labute approximate surface area is 167 Å². The normalized spacial score (nSPS) is 15.6. The predicted molar refractivity (Wildman–Crippen MR) is 111 cm³/mol. The molecule has 0 bridgehead atoms. The van der Waals surface area contributed by atoms with Crippen LogP contribution in [0.3, 0.4) is 0 Å². The summed E-state index contributed by atoms with van der Waals surface area (Å²) < 4.78 is 19.3. The number of carbonyl (C=O) groups excluding carboxylic acids is 1. The lowest BCUT2D eigenvalue weighted by Crippen LogP contribution is -2.38. The van der Waals surface area contributed by atoms with Gasteiger partial charge in [0.2, 0.25) is 5.91 Å². The van der Waals surface area contributed by atoms with Crippen molar-refractivity contribution in [2.24, 2.45) is 5.92 Å². The van der Waals surface area contributed by atoms with E-state index in [2.05, 4.69) is 19.2 Å². The Morgan fingerprint density at radius 3 is 2.21 bits per heavy atom. The van der Waals surface area contributed by atoms with E-state index in [9.17, 15) is 9.18 Å². The largest absolute Gasteiger partial charge is 0.493 e. The third kappa shape index (κ3) is 4.21. The van der Waals surface area contributed by atoms with E-state index in [0.29, 0.717) is 12.5 Å². The zero-order chi connectivity index (χ0) is 20.3. The van der Waals surface area contributed by atoms with Gasteiger partial charge >= 0.3 is 0 Å². The second-order valence-electron chi connectivity index (χ2n) is 8.39. The Morgan fingerprint density at radius 2 is 1.68 bits per heavy atom. The molecular formula is C24H30FNO2. The molecule has 0 unspecified atom stereocenters. The number of nitrogens with one attached hydrogen (secondary N) is 1. The maximum Gasteiger partial charge on any atom is 0.235 e. The van der Waals surface area contributed by atoms with E-state index in [1.807, 2.05) is 26.0 Å². The molecule has 0 spiro atoms. The van der Waals surface area contributed by atoms with Gasteiger partial charge in [-0.05, 0) is 73.6 Å². The van der Waals surface area contributed by atoms with Crippen LogP contribution < -0.4 is 10.1 Å². The van der Waals surface area contributed by atoms with E-state index in [1.54, 1.807) is 12.1 Å². The van der Waals surface area contributed by atoms with E-state index in [4.69, 9.17) is 4.74 Å². The van der Waals surface area contributed by atoms with Crippen LogP contribution in [0.15, 0.2) is 36.4 Å². The van der Waals surface area contributed by atoms with Crippen molar-refractivity contribution >= 4 is 11.6 Å². The van der Waals surface area contributed by atoms with E-state index in [1.165, 1.54) is 12.1 Å². The van der Waals surface area contributed by atoms with Crippen LogP contribution in [0.2, 0.25) is 0 Å². The van der Waals surface area contributed by atoms with Gasteiger partial charge in [-0.1, -0.05) is 38.8 Å². The molecule has 2 aromatic carbocycles. The average Bonchev–Trinajstić information content (AvgIpc) is 3.12. The molecule has 1 aliphatic carbocycles. The second kappa shape index (κ2) is 8.34. The molecule has 4 heteroatoms. The van der Waals surface area contributed by atoms with Gasteiger partial charge in [0.25, 0.3) is 0 Å². The smallest absolute Gasteiger partial charge is 0.235 e. The zero-order valence-corrected chi connectivity index (χ0v) is 17.3. The highest BCUT2D eigenvalue weighted by molar-refractivity contribution is 5.99. The Kier molecular flexibility index (Phi) is 6.07. The summed E-state index contributed by atoms with van der Waals surface area (Å²) in [5.41, 5.74) is 3.12. The standard InChI is InChI=1S/C24H30FNO2/c1-16(2)15-28-22-17(3)13-21(14-18(22)4)26-23(27)24(11-5-6-12-24)19-7-9-20(25)10-8-19/h7-10,13-14,16H,5-6,11-12,15H2,1-4H3,(H,26,27). The van der Waals surface area contributed by atoms with Crippen LogP contribution in [0.25, 0.3) is 0 Å². The second-order valence-corrected chi connectivity index (χ2v) is 8.39. The summed E-state index contributed by atoms with van der Waals surface area (Å²) in [6, 6.07) is 10.3. The molecule has 150 valence electrons. The van der Waals surface area contributed by atoms with Gasteiger partial charge in [0.15, 0.2) is 0 Å². The first-order valence-corrected chi connectivity index (χ1v) is 10.1. The number of benzene rings is 2.